The number of rotatable bonds is 7. The number of hydrogen-bond donors (Lipinski definition) is 2. The van der Waals surface area contributed by atoms with Crippen LogP contribution in [-0.4, -0.2) is 22.1 Å². The third kappa shape index (κ3) is 5.50. The van der Waals surface area contributed by atoms with E-state index in [9.17, 15) is 9.18 Å². The number of nitrogens with zero attached hydrogens (tertiary/aromatic N) is 2. The summed E-state index contributed by atoms with van der Waals surface area (Å²) in [6.45, 7) is 0.454. The molecule has 5 nitrogen and oxygen atoms in total. The van der Waals surface area contributed by atoms with Gasteiger partial charge in [0.25, 0.3) is 5.91 Å². The molecule has 32 heavy (non-hydrogen) atoms. The van der Waals surface area contributed by atoms with Gasteiger partial charge in [0.05, 0.1) is 0 Å². The molecule has 0 aliphatic heterocycles. The highest BCUT2D eigenvalue weighted by atomic mass is 32.2. The summed E-state index contributed by atoms with van der Waals surface area (Å²) in [6, 6.07) is 21.5. The first-order valence-corrected chi connectivity index (χ1v) is 11.2. The standard InChI is InChI=1S/C25H21FN4OS/c1-32-23-10-8-17(9-11-23)14-27-24(31)19-5-3-7-22(13-19)30-25-28-15-20(16-29-25)18-4-2-6-21(26)12-18/h2-13,15-16H,14H2,1H3,(H,27,31)(H,28,29,30). The summed E-state index contributed by atoms with van der Waals surface area (Å²) in [5, 5.41) is 6.04. The Balaban J connectivity index is 1.39. The lowest BCUT2D eigenvalue weighted by molar-refractivity contribution is 0.0951. The largest absolute Gasteiger partial charge is 0.348 e. The van der Waals surface area contributed by atoms with Crippen molar-refractivity contribution in [2.24, 2.45) is 0 Å². The van der Waals surface area contributed by atoms with Crippen LogP contribution < -0.4 is 10.6 Å². The zero-order valence-electron chi connectivity index (χ0n) is 17.4. The second kappa shape index (κ2) is 10.1. The maximum Gasteiger partial charge on any atom is 0.251 e. The minimum atomic E-state index is -0.309. The number of carbonyl (C=O) groups excluding carboxylic acids is 1. The normalized spacial score (nSPS) is 10.6. The Morgan fingerprint density at radius 2 is 1.69 bits per heavy atom. The number of hydrogen-bond acceptors (Lipinski definition) is 5. The summed E-state index contributed by atoms with van der Waals surface area (Å²) in [4.78, 5) is 22.4. The van der Waals surface area contributed by atoms with Crippen molar-refractivity contribution in [3.63, 3.8) is 0 Å². The third-order valence-electron chi connectivity index (χ3n) is 4.80. The average Bonchev–Trinajstić information content (AvgIpc) is 2.83. The Bertz CT molecular complexity index is 1210. The van der Waals surface area contributed by atoms with Crippen molar-refractivity contribution in [3.05, 3.63) is 102 Å². The van der Waals surface area contributed by atoms with Gasteiger partial charge in [-0.25, -0.2) is 14.4 Å². The molecule has 4 aromatic rings. The van der Waals surface area contributed by atoms with Gasteiger partial charge in [0.1, 0.15) is 5.82 Å². The van der Waals surface area contributed by atoms with Gasteiger partial charge in [-0.2, -0.15) is 0 Å². The van der Waals surface area contributed by atoms with E-state index in [-0.39, 0.29) is 11.7 Å². The molecule has 3 aromatic carbocycles. The lowest BCUT2D eigenvalue weighted by Crippen LogP contribution is -2.22. The van der Waals surface area contributed by atoms with Gasteiger partial charge >= 0.3 is 0 Å². The Morgan fingerprint density at radius 1 is 0.938 bits per heavy atom. The van der Waals surface area contributed by atoms with Crippen LogP contribution in [0.2, 0.25) is 0 Å². The Hall–Kier alpha value is -3.71. The molecule has 7 heteroatoms. The number of benzene rings is 3. The maximum absolute atomic E-state index is 13.4. The summed E-state index contributed by atoms with van der Waals surface area (Å²) >= 11 is 1.68. The van der Waals surface area contributed by atoms with Crippen molar-refractivity contribution in [3.8, 4) is 11.1 Å². The molecule has 1 amide bonds. The van der Waals surface area contributed by atoms with Crippen LogP contribution in [-0.2, 0) is 6.54 Å². The quantitative estimate of drug-likeness (QED) is 0.359. The molecule has 0 spiro atoms. The number of carbonyl (C=O) groups is 1. The molecule has 0 radical (unpaired) electrons. The lowest BCUT2D eigenvalue weighted by atomic mass is 10.1. The minimum Gasteiger partial charge on any atom is -0.348 e. The molecule has 0 aliphatic carbocycles. The molecule has 1 heterocycles. The van der Waals surface area contributed by atoms with Crippen LogP contribution in [0.15, 0.2) is 90.1 Å². The van der Waals surface area contributed by atoms with Crippen molar-refractivity contribution >= 4 is 29.3 Å². The number of thioether (sulfide) groups is 1. The van der Waals surface area contributed by atoms with Gasteiger partial charge in [-0.3, -0.25) is 4.79 Å². The van der Waals surface area contributed by atoms with Crippen molar-refractivity contribution in [1.29, 1.82) is 0 Å². The van der Waals surface area contributed by atoms with Gasteiger partial charge in [0.15, 0.2) is 0 Å². The first-order valence-electron chi connectivity index (χ1n) is 9.97. The fourth-order valence-corrected chi connectivity index (χ4v) is 3.51. The van der Waals surface area contributed by atoms with Crippen LogP contribution in [0.4, 0.5) is 16.0 Å². The van der Waals surface area contributed by atoms with Crippen molar-refractivity contribution in [2.75, 3.05) is 11.6 Å². The van der Waals surface area contributed by atoms with E-state index < -0.39 is 0 Å². The van der Waals surface area contributed by atoms with E-state index >= 15 is 0 Å². The van der Waals surface area contributed by atoms with Gasteiger partial charge in [-0.05, 0) is 59.8 Å². The van der Waals surface area contributed by atoms with E-state index in [1.54, 1.807) is 54.5 Å². The van der Waals surface area contributed by atoms with Crippen LogP contribution >= 0.6 is 11.8 Å². The SMILES string of the molecule is CSc1ccc(CNC(=O)c2cccc(Nc3ncc(-c4cccc(F)c4)cn3)c2)cc1. The fourth-order valence-electron chi connectivity index (χ4n) is 3.10. The van der Waals surface area contributed by atoms with Crippen molar-refractivity contribution in [1.82, 2.24) is 15.3 Å². The molecule has 0 saturated carbocycles. The molecule has 0 atom stereocenters. The molecule has 0 saturated heterocycles. The summed E-state index contributed by atoms with van der Waals surface area (Å²) < 4.78 is 13.4. The van der Waals surface area contributed by atoms with Gasteiger partial charge < -0.3 is 10.6 Å². The van der Waals surface area contributed by atoms with E-state index in [0.717, 1.165) is 5.56 Å². The van der Waals surface area contributed by atoms with E-state index in [0.29, 0.717) is 34.9 Å². The monoisotopic (exact) mass is 444 g/mol. The molecule has 0 aliphatic rings. The molecule has 2 N–H and O–H groups in total. The topological polar surface area (TPSA) is 66.9 Å². The number of amides is 1. The molecule has 1 aromatic heterocycles. The predicted octanol–water partition coefficient (Wildman–Crippen LogP) is 5.68. The summed E-state index contributed by atoms with van der Waals surface area (Å²) in [6.07, 6.45) is 5.29. The second-order valence-electron chi connectivity index (χ2n) is 7.04. The molecule has 4 rings (SSSR count). The predicted molar refractivity (Wildman–Crippen MR) is 127 cm³/mol. The zero-order chi connectivity index (χ0) is 22.3. The number of nitrogens with one attached hydrogen (secondary N) is 2. The van der Waals surface area contributed by atoms with Crippen molar-refractivity contribution in [2.45, 2.75) is 11.4 Å². The second-order valence-corrected chi connectivity index (χ2v) is 7.92. The Kier molecular flexibility index (Phi) is 6.77. The molecule has 0 fully saturated rings. The number of anilines is 2. The molecule has 0 bridgehead atoms. The lowest BCUT2D eigenvalue weighted by Gasteiger charge is -2.09. The van der Waals surface area contributed by atoms with Crippen LogP contribution in [0, 0.1) is 5.82 Å². The van der Waals surface area contributed by atoms with Crippen LogP contribution in [0.25, 0.3) is 11.1 Å². The Morgan fingerprint density at radius 3 is 2.41 bits per heavy atom. The zero-order valence-corrected chi connectivity index (χ0v) is 18.2. The van der Waals surface area contributed by atoms with E-state index in [4.69, 9.17) is 0 Å². The van der Waals surface area contributed by atoms with Crippen LogP contribution in [0.3, 0.4) is 0 Å². The number of halogens is 1. The average molecular weight is 445 g/mol. The van der Waals surface area contributed by atoms with Gasteiger partial charge in [-0.15, -0.1) is 11.8 Å². The highest BCUT2D eigenvalue weighted by molar-refractivity contribution is 7.98. The van der Waals surface area contributed by atoms with Gasteiger partial charge in [0, 0.05) is 40.6 Å². The van der Waals surface area contributed by atoms with Gasteiger partial charge in [-0.1, -0.05) is 30.3 Å². The highest BCUT2D eigenvalue weighted by Gasteiger charge is 2.08. The van der Waals surface area contributed by atoms with Gasteiger partial charge in [0.2, 0.25) is 5.95 Å². The molecular formula is C25H21FN4OS. The van der Waals surface area contributed by atoms with Crippen LogP contribution in [0.1, 0.15) is 15.9 Å². The molecule has 160 valence electrons. The minimum absolute atomic E-state index is 0.162. The highest BCUT2D eigenvalue weighted by Crippen LogP contribution is 2.21. The number of aromatic nitrogens is 2. The first-order chi connectivity index (χ1) is 15.6. The van der Waals surface area contributed by atoms with E-state index in [2.05, 4.69) is 20.6 Å². The van der Waals surface area contributed by atoms with E-state index in [1.165, 1.54) is 17.0 Å². The molecular weight excluding hydrogens is 423 g/mol. The van der Waals surface area contributed by atoms with Crippen LogP contribution in [0.5, 0.6) is 0 Å². The molecule has 0 unspecified atom stereocenters. The third-order valence-corrected chi connectivity index (χ3v) is 5.55. The summed E-state index contributed by atoms with van der Waals surface area (Å²) in [5.74, 6) is -0.0849. The smallest absolute Gasteiger partial charge is 0.251 e. The maximum atomic E-state index is 13.4. The fraction of sp³-hybridized carbons (Fsp3) is 0.0800. The summed E-state index contributed by atoms with van der Waals surface area (Å²) in [5.41, 5.74) is 3.69. The first kappa shape index (κ1) is 21.5. The van der Waals surface area contributed by atoms with Crippen molar-refractivity contribution < 1.29 is 9.18 Å². The summed E-state index contributed by atoms with van der Waals surface area (Å²) in [7, 11) is 0. The van der Waals surface area contributed by atoms with E-state index in [1.807, 2.05) is 36.6 Å². The Labute approximate surface area is 190 Å².